The van der Waals surface area contributed by atoms with E-state index in [1.54, 1.807) is 7.11 Å². The van der Waals surface area contributed by atoms with E-state index in [1.165, 1.54) is 19.3 Å². The second-order valence-corrected chi connectivity index (χ2v) is 11.3. The number of carbonyl (C=O) groups excluding carboxylic acids is 2. The molecule has 0 bridgehead atoms. The van der Waals surface area contributed by atoms with Crippen molar-refractivity contribution in [3.63, 3.8) is 0 Å². The highest BCUT2D eigenvalue weighted by molar-refractivity contribution is 5.96. The lowest BCUT2D eigenvalue weighted by Gasteiger charge is -2.35. The Labute approximate surface area is 222 Å². The van der Waals surface area contributed by atoms with Crippen molar-refractivity contribution >= 4 is 17.6 Å². The van der Waals surface area contributed by atoms with E-state index in [2.05, 4.69) is 29.5 Å². The van der Waals surface area contributed by atoms with Crippen LogP contribution in [0.1, 0.15) is 83.6 Å². The molecule has 8 heteroatoms. The molecule has 0 aromatic carbocycles. The van der Waals surface area contributed by atoms with Gasteiger partial charge in [0.2, 0.25) is 11.8 Å². The largest absolute Gasteiger partial charge is 0.496 e. The van der Waals surface area contributed by atoms with Gasteiger partial charge in [-0.05, 0) is 50.9 Å². The Morgan fingerprint density at radius 1 is 1.14 bits per heavy atom. The molecule has 1 aromatic heterocycles. The topological polar surface area (TPSA) is 92.8 Å². The van der Waals surface area contributed by atoms with E-state index in [0.29, 0.717) is 44.5 Å². The Kier molecular flexibility index (Phi) is 9.82. The van der Waals surface area contributed by atoms with Gasteiger partial charge in [-0.25, -0.2) is 4.98 Å². The fourth-order valence-corrected chi connectivity index (χ4v) is 5.90. The first-order valence-corrected chi connectivity index (χ1v) is 14.4. The zero-order valence-corrected chi connectivity index (χ0v) is 23.1. The molecule has 3 aliphatic rings. The van der Waals surface area contributed by atoms with Crippen molar-refractivity contribution in [2.45, 2.75) is 90.1 Å². The molecule has 4 rings (SSSR count). The van der Waals surface area contributed by atoms with E-state index >= 15 is 0 Å². The van der Waals surface area contributed by atoms with Gasteiger partial charge in [0.25, 0.3) is 0 Å². The summed E-state index contributed by atoms with van der Waals surface area (Å²) in [6, 6.07) is 2.11. The van der Waals surface area contributed by atoms with E-state index in [9.17, 15) is 9.59 Å². The molecule has 8 nitrogen and oxygen atoms in total. The molecule has 3 atom stereocenters. The lowest BCUT2D eigenvalue weighted by molar-refractivity contribution is -0.129. The summed E-state index contributed by atoms with van der Waals surface area (Å²) < 4.78 is 11.4. The maximum Gasteiger partial charge on any atom is 0.232 e. The number of hydrogen-bond donors (Lipinski definition) is 2. The normalized spacial score (nSPS) is 23.5. The molecule has 1 aliphatic heterocycles. The number of hydrogen-bond acceptors (Lipinski definition) is 6. The Balaban J connectivity index is 1.44. The average Bonchev–Trinajstić information content (AvgIpc) is 3.76. The third-order valence-electron chi connectivity index (χ3n) is 8.24. The van der Waals surface area contributed by atoms with Crippen LogP contribution in [0.2, 0.25) is 0 Å². The number of aromatic nitrogens is 1. The minimum Gasteiger partial charge on any atom is -0.496 e. The van der Waals surface area contributed by atoms with Crippen molar-refractivity contribution in [3.05, 3.63) is 17.8 Å². The number of rotatable bonds is 11. The molecular weight excluding hydrogens is 468 g/mol. The maximum absolute atomic E-state index is 13.8. The second kappa shape index (κ2) is 13.1. The molecule has 2 heterocycles. The number of anilines is 1. The highest BCUT2D eigenvalue weighted by Crippen LogP contribution is 2.36. The predicted molar refractivity (Wildman–Crippen MR) is 145 cm³/mol. The predicted octanol–water partition coefficient (Wildman–Crippen LogP) is 4.04. The van der Waals surface area contributed by atoms with Crippen LogP contribution >= 0.6 is 0 Å². The van der Waals surface area contributed by atoms with Gasteiger partial charge in [-0.2, -0.15) is 0 Å². The highest BCUT2D eigenvalue weighted by Gasteiger charge is 2.41. The molecule has 0 unspecified atom stereocenters. The number of amides is 2. The van der Waals surface area contributed by atoms with Crippen LogP contribution in [0, 0.1) is 17.8 Å². The Hall–Kier alpha value is -2.19. The van der Waals surface area contributed by atoms with E-state index in [0.717, 1.165) is 37.0 Å². The summed E-state index contributed by atoms with van der Waals surface area (Å²) in [6.45, 7) is 8.59. The molecule has 2 aliphatic carbocycles. The number of pyridine rings is 1. The number of nitrogens with zero attached hydrogens (tertiary/aromatic N) is 2. The van der Waals surface area contributed by atoms with Crippen molar-refractivity contribution in [2.24, 2.45) is 17.8 Å². The fraction of sp³-hybridized carbons (Fsp3) is 0.759. The van der Waals surface area contributed by atoms with Crippen LogP contribution in [-0.4, -0.2) is 62.3 Å². The number of piperidine rings is 1. The second-order valence-electron chi connectivity index (χ2n) is 11.3. The molecule has 2 N–H and O–H groups in total. The molecule has 0 spiro atoms. The zero-order valence-electron chi connectivity index (χ0n) is 23.1. The molecule has 1 saturated heterocycles. The van der Waals surface area contributed by atoms with E-state index in [4.69, 9.17) is 9.47 Å². The van der Waals surface area contributed by atoms with Crippen LogP contribution < -0.4 is 20.3 Å². The standard InChI is InChI=1S/C29H46N4O4/c1-5-37-18-25(20-9-7-6-8-10-20)32-28(34)21-13-22(16-30-15-21)29(35)33(23-11-12-23)27-14-26(36-4)24(17-31-27)19(2)3/h14,17,19-23,25,30H,5-13,15-16,18H2,1-4H3,(H,32,34)/t21-,22+,25+/m0/s1. The smallest absolute Gasteiger partial charge is 0.232 e. The lowest BCUT2D eigenvalue weighted by atomic mass is 9.83. The summed E-state index contributed by atoms with van der Waals surface area (Å²) in [5.41, 5.74) is 1.03. The van der Waals surface area contributed by atoms with Crippen LogP contribution in [0.25, 0.3) is 0 Å². The van der Waals surface area contributed by atoms with Gasteiger partial charge in [-0.3, -0.25) is 14.5 Å². The third kappa shape index (κ3) is 7.02. The zero-order chi connectivity index (χ0) is 26.4. The summed E-state index contributed by atoms with van der Waals surface area (Å²) in [5, 5.41) is 6.69. The molecule has 0 radical (unpaired) electrons. The summed E-state index contributed by atoms with van der Waals surface area (Å²) in [6.07, 6.45) is 10.3. The Morgan fingerprint density at radius 3 is 2.51 bits per heavy atom. The molecule has 2 amide bonds. The van der Waals surface area contributed by atoms with Crippen molar-refractivity contribution < 1.29 is 19.1 Å². The van der Waals surface area contributed by atoms with Crippen LogP contribution in [-0.2, 0) is 14.3 Å². The molecule has 1 aromatic rings. The van der Waals surface area contributed by atoms with Crippen molar-refractivity contribution in [2.75, 3.05) is 38.3 Å². The summed E-state index contributed by atoms with van der Waals surface area (Å²) in [5.74, 6) is 1.76. The third-order valence-corrected chi connectivity index (χ3v) is 8.24. The maximum atomic E-state index is 13.8. The van der Waals surface area contributed by atoms with Crippen LogP contribution in [0.4, 0.5) is 5.82 Å². The van der Waals surface area contributed by atoms with Gasteiger partial charge in [-0.1, -0.05) is 33.1 Å². The van der Waals surface area contributed by atoms with Crippen molar-refractivity contribution in [3.8, 4) is 5.75 Å². The van der Waals surface area contributed by atoms with Gasteiger partial charge in [0.05, 0.1) is 31.6 Å². The Morgan fingerprint density at radius 2 is 1.86 bits per heavy atom. The highest BCUT2D eigenvalue weighted by atomic mass is 16.5. The van der Waals surface area contributed by atoms with Gasteiger partial charge in [-0.15, -0.1) is 0 Å². The molecule has 37 heavy (non-hydrogen) atoms. The fourth-order valence-electron chi connectivity index (χ4n) is 5.90. The molecule has 206 valence electrons. The molecule has 2 saturated carbocycles. The summed E-state index contributed by atoms with van der Waals surface area (Å²) >= 11 is 0. The summed E-state index contributed by atoms with van der Waals surface area (Å²) in [7, 11) is 1.66. The first kappa shape index (κ1) is 27.8. The van der Waals surface area contributed by atoms with Gasteiger partial charge in [0.15, 0.2) is 0 Å². The first-order valence-electron chi connectivity index (χ1n) is 14.4. The minimum atomic E-state index is -0.261. The molecule has 3 fully saturated rings. The van der Waals surface area contributed by atoms with Crippen molar-refractivity contribution in [1.29, 1.82) is 0 Å². The van der Waals surface area contributed by atoms with Gasteiger partial charge >= 0.3 is 0 Å². The Bertz CT molecular complexity index is 913. The monoisotopic (exact) mass is 514 g/mol. The number of ether oxygens (including phenoxy) is 2. The number of nitrogens with one attached hydrogen (secondary N) is 2. The SMILES string of the molecule is CCOC[C@@H](NC(=O)[C@@H]1CNC[C@H](C(=O)N(c2cc(OC)c(C(C)C)cn2)C2CC2)C1)C1CCCCC1. The minimum absolute atomic E-state index is 0.0410. The van der Waals surface area contributed by atoms with Gasteiger partial charge in [0.1, 0.15) is 11.6 Å². The first-order chi connectivity index (χ1) is 17.9. The van der Waals surface area contributed by atoms with Crippen LogP contribution in [0.15, 0.2) is 12.3 Å². The van der Waals surface area contributed by atoms with Crippen LogP contribution in [0.3, 0.4) is 0 Å². The van der Waals surface area contributed by atoms with Crippen LogP contribution in [0.5, 0.6) is 5.75 Å². The number of methoxy groups -OCH3 is 1. The summed E-state index contributed by atoms with van der Waals surface area (Å²) in [4.78, 5) is 33.8. The quantitative estimate of drug-likeness (QED) is 0.463. The molecular formula is C29H46N4O4. The lowest BCUT2D eigenvalue weighted by Crippen LogP contribution is -2.53. The van der Waals surface area contributed by atoms with E-state index in [1.807, 2.05) is 24.1 Å². The van der Waals surface area contributed by atoms with E-state index < -0.39 is 0 Å². The number of carbonyl (C=O) groups is 2. The average molecular weight is 515 g/mol. The van der Waals surface area contributed by atoms with Crippen molar-refractivity contribution in [1.82, 2.24) is 15.6 Å². The van der Waals surface area contributed by atoms with E-state index in [-0.39, 0.29) is 41.7 Å². The van der Waals surface area contributed by atoms with Gasteiger partial charge < -0.3 is 20.1 Å². The van der Waals surface area contributed by atoms with Gasteiger partial charge in [0, 0.05) is 43.6 Å².